The molecule has 5 nitrogen and oxygen atoms in total. The first-order valence-electron chi connectivity index (χ1n) is 9.33. The van der Waals surface area contributed by atoms with Gasteiger partial charge in [-0.05, 0) is 38.0 Å². The Morgan fingerprint density at radius 2 is 1.52 bits per heavy atom. The van der Waals surface area contributed by atoms with Gasteiger partial charge >= 0.3 is 0 Å². The Morgan fingerprint density at radius 3 is 2.09 bits per heavy atom. The minimum atomic E-state index is -3.02. The molecule has 3 aliphatic rings. The highest BCUT2D eigenvalue weighted by molar-refractivity contribution is 7.89. The maximum atomic E-state index is 12.5. The van der Waals surface area contributed by atoms with Gasteiger partial charge in [-0.3, -0.25) is 4.79 Å². The van der Waals surface area contributed by atoms with Crippen molar-refractivity contribution in [3.05, 3.63) is 0 Å². The molecule has 1 saturated carbocycles. The van der Waals surface area contributed by atoms with E-state index in [4.69, 9.17) is 0 Å². The zero-order valence-corrected chi connectivity index (χ0v) is 14.9. The first-order valence-corrected chi connectivity index (χ1v) is 10.9. The average Bonchev–Trinajstić information content (AvgIpc) is 2.74. The molecule has 1 amide bonds. The topological polar surface area (TPSA) is 57.7 Å². The summed E-state index contributed by atoms with van der Waals surface area (Å²) in [5, 5.41) is 0. The third-order valence-electron chi connectivity index (χ3n) is 5.80. The first-order chi connectivity index (χ1) is 11.1. The largest absolute Gasteiger partial charge is 0.343 e. The van der Waals surface area contributed by atoms with Crippen LogP contribution in [-0.2, 0) is 14.8 Å². The zero-order chi connectivity index (χ0) is 16.3. The van der Waals surface area contributed by atoms with Crippen LogP contribution in [0.3, 0.4) is 0 Å². The molecule has 3 rings (SSSR count). The van der Waals surface area contributed by atoms with Crippen molar-refractivity contribution in [2.45, 2.75) is 70.3 Å². The summed E-state index contributed by atoms with van der Waals surface area (Å²) in [6.45, 7) is 2.12. The van der Waals surface area contributed by atoms with Crippen LogP contribution >= 0.6 is 0 Å². The van der Waals surface area contributed by atoms with E-state index >= 15 is 0 Å². The van der Waals surface area contributed by atoms with E-state index in [1.807, 2.05) is 4.90 Å². The van der Waals surface area contributed by atoms with E-state index in [2.05, 4.69) is 0 Å². The van der Waals surface area contributed by atoms with Gasteiger partial charge in [0.25, 0.3) is 0 Å². The lowest BCUT2D eigenvalue weighted by Gasteiger charge is -2.36. The Hall–Kier alpha value is -0.620. The molecular weight excluding hydrogens is 312 g/mol. The number of nitrogens with zero attached hydrogens (tertiary/aromatic N) is 2. The maximum absolute atomic E-state index is 12.5. The maximum Gasteiger partial charge on any atom is 0.222 e. The average molecular weight is 343 g/mol. The third-order valence-corrected chi connectivity index (χ3v) is 7.80. The van der Waals surface area contributed by atoms with Crippen molar-refractivity contribution in [3.8, 4) is 0 Å². The Morgan fingerprint density at radius 1 is 0.870 bits per heavy atom. The van der Waals surface area contributed by atoms with E-state index < -0.39 is 10.0 Å². The van der Waals surface area contributed by atoms with Crippen molar-refractivity contribution in [1.82, 2.24) is 9.21 Å². The van der Waals surface area contributed by atoms with Gasteiger partial charge in [0, 0.05) is 32.1 Å². The van der Waals surface area contributed by atoms with Crippen LogP contribution in [0.15, 0.2) is 0 Å². The fourth-order valence-electron chi connectivity index (χ4n) is 4.42. The van der Waals surface area contributed by atoms with Crippen molar-refractivity contribution >= 4 is 15.9 Å². The lowest BCUT2D eigenvalue weighted by atomic mass is 9.95. The van der Waals surface area contributed by atoms with E-state index in [0.717, 1.165) is 32.4 Å². The lowest BCUT2D eigenvalue weighted by Crippen LogP contribution is -2.47. The van der Waals surface area contributed by atoms with E-state index in [9.17, 15) is 13.2 Å². The van der Waals surface area contributed by atoms with Crippen LogP contribution in [-0.4, -0.2) is 55.0 Å². The van der Waals surface area contributed by atoms with Gasteiger partial charge in [-0.15, -0.1) is 0 Å². The molecule has 2 heterocycles. The van der Waals surface area contributed by atoms with Gasteiger partial charge < -0.3 is 4.90 Å². The molecule has 6 heteroatoms. The van der Waals surface area contributed by atoms with Crippen LogP contribution < -0.4 is 0 Å². The molecule has 0 aromatic carbocycles. The lowest BCUT2D eigenvalue weighted by molar-refractivity contribution is -0.133. The Labute approximate surface area is 140 Å². The Bertz CT molecular complexity index is 504. The molecule has 2 aliphatic heterocycles. The Kier molecular flexibility index (Phi) is 5.62. The highest BCUT2D eigenvalue weighted by atomic mass is 32.2. The highest BCUT2D eigenvalue weighted by Crippen LogP contribution is 2.28. The van der Waals surface area contributed by atoms with Gasteiger partial charge in [0.15, 0.2) is 0 Å². The monoisotopic (exact) mass is 342 g/mol. The molecule has 3 fully saturated rings. The molecule has 0 aromatic heterocycles. The molecular formula is C17H30N2O3S. The van der Waals surface area contributed by atoms with Crippen LogP contribution in [0.5, 0.6) is 0 Å². The van der Waals surface area contributed by atoms with Crippen molar-refractivity contribution in [1.29, 1.82) is 0 Å². The van der Waals surface area contributed by atoms with Gasteiger partial charge in [0.1, 0.15) is 0 Å². The number of amides is 1. The smallest absolute Gasteiger partial charge is 0.222 e. The number of likely N-dealkylation sites (tertiary alicyclic amines) is 1. The fraction of sp³-hybridized carbons (Fsp3) is 0.941. The second-order valence-corrected chi connectivity index (χ2v) is 9.50. The number of sulfonamides is 1. The molecule has 0 radical (unpaired) electrons. The summed E-state index contributed by atoms with van der Waals surface area (Å²) in [5.74, 6) is 1.16. The van der Waals surface area contributed by atoms with Gasteiger partial charge in [-0.1, -0.05) is 25.7 Å². The molecule has 23 heavy (non-hydrogen) atoms. The molecule has 0 bridgehead atoms. The second kappa shape index (κ2) is 7.51. The SMILES string of the molecule is O=C(CC1CCCCCC1)N1CCC(N2CCCS2(=O)=O)CC1. The summed E-state index contributed by atoms with van der Waals surface area (Å²) < 4.78 is 25.7. The molecule has 0 unspecified atom stereocenters. The molecule has 1 aliphatic carbocycles. The van der Waals surface area contributed by atoms with Crippen molar-refractivity contribution < 1.29 is 13.2 Å². The second-order valence-electron chi connectivity index (χ2n) is 7.45. The number of carbonyl (C=O) groups is 1. The number of carbonyl (C=O) groups excluding carboxylic acids is 1. The molecule has 0 N–H and O–H groups in total. The molecule has 0 atom stereocenters. The summed E-state index contributed by atoms with van der Waals surface area (Å²) in [4.78, 5) is 14.5. The number of rotatable bonds is 3. The summed E-state index contributed by atoms with van der Waals surface area (Å²) in [6, 6.07) is 0.115. The van der Waals surface area contributed by atoms with E-state index in [0.29, 0.717) is 30.5 Å². The van der Waals surface area contributed by atoms with Gasteiger partial charge in [-0.2, -0.15) is 4.31 Å². The van der Waals surface area contributed by atoms with Crippen molar-refractivity contribution in [3.63, 3.8) is 0 Å². The standard InChI is InChI=1S/C17H30N2O3S/c20-17(14-15-6-3-1-2-4-7-15)18-11-8-16(9-12-18)19-10-5-13-23(19,21)22/h15-16H,1-14H2. The van der Waals surface area contributed by atoms with Crippen molar-refractivity contribution in [2.24, 2.45) is 5.92 Å². The molecule has 2 saturated heterocycles. The molecule has 0 aromatic rings. The highest BCUT2D eigenvalue weighted by Gasteiger charge is 2.36. The zero-order valence-electron chi connectivity index (χ0n) is 14.1. The van der Waals surface area contributed by atoms with Crippen LogP contribution in [0.1, 0.15) is 64.2 Å². The first kappa shape index (κ1) is 17.2. The minimum absolute atomic E-state index is 0.115. The number of hydrogen-bond donors (Lipinski definition) is 0. The predicted octanol–water partition coefficient (Wildman–Crippen LogP) is 2.37. The number of piperidine rings is 1. The van der Waals surface area contributed by atoms with Crippen LogP contribution in [0.2, 0.25) is 0 Å². The molecule has 0 spiro atoms. The van der Waals surface area contributed by atoms with E-state index in [-0.39, 0.29) is 6.04 Å². The van der Waals surface area contributed by atoms with Gasteiger partial charge in [0.05, 0.1) is 5.75 Å². The summed E-state index contributed by atoms with van der Waals surface area (Å²) in [5.41, 5.74) is 0. The Balaban J connectivity index is 1.47. The van der Waals surface area contributed by atoms with Crippen molar-refractivity contribution in [2.75, 3.05) is 25.4 Å². The van der Waals surface area contributed by atoms with Gasteiger partial charge in [0.2, 0.25) is 15.9 Å². The third kappa shape index (κ3) is 4.27. The van der Waals surface area contributed by atoms with Crippen LogP contribution in [0, 0.1) is 5.92 Å². The summed E-state index contributed by atoms with van der Waals surface area (Å²) in [7, 11) is -3.02. The number of hydrogen-bond acceptors (Lipinski definition) is 3. The predicted molar refractivity (Wildman–Crippen MR) is 90.5 cm³/mol. The van der Waals surface area contributed by atoms with Crippen LogP contribution in [0.25, 0.3) is 0 Å². The van der Waals surface area contributed by atoms with Gasteiger partial charge in [-0.25, -0.2) is 8.42 Å². The summed E-state index contributed by atoms with van der Waals surface area (Å²) in [6.07, 6.45) is 10.6. The fourth-order valence-corrected chi connectivity index (χ4v) is 6.22. The van der Waals surface area contributed by atoms with E-state index in [1.54, 1.807) is 4.31 Å². The quantitative estimate of drug-likeness (QED) is 0.740. The summed E-state index contributed by atoms with van der Waals surface area (Å²) >= 11 is 0. The molecule has 132 valence electrons. The van der Waals surface area contributed by atoms with Crippen LogP contribution in [0.4, 0.5) is 0 Å². The minimum Gasteiger partial charge on any atom is -0.343 e. The normalized spacial score (nSPS) is 27.9. The van der Waals surface area contributed by atoms with E-state index in [1.165, 1.54) is 38.5 Å².